The average molecular weight is 353 g/mol. The largest absolute Gasteiger partial charge is 0.497 e. The topological polar surface area (TPSA) is 18.5 Å². The van der Waals surface area contributed by atoms with E-state index in [1.807, 2.05) is 0 Å². The van der Waals surface area contributed by atoms with Crippen molar-refractivity contribution in [1.29, 1.82) is 0 Å². The Kier molecular flexibility index (Phi) is 6.24. The van der Waals surface area contributed by atoms with Gasteiger partial charge in [0.25, 0.3) is 0 Å². The molecule has 2 nitrogen and oxygen atoms in total. The maximum Gasteiger partial charge on any atom is 0.118 e. The van der Waals surface area contributed by atoms with Crippen LogP contribution in [0.2, 0.25) is 0 Å². The van der Waals surface area contributed by atoms with Crippen LogP contribution in [0.5, 0.6) is 11.5 Å². The van der Waals surface area contributed by atoms with Crippen LogP contribution in [0.15, 0.2) is 48.5 Å². The normalized spacial score (nSPS) is 23.0. The van der Waals surface area contributed by atoms with Gasteiger partial charge in [-0.25, -0.2) is 0 Å². The van der Waals surface area contributed by atoms with E-state index >= 15 is 0 Å². The summed E-state index contributed by atoms with van der Waals surface area (Å²) in [6.07, 6.45) is 5.10. The van der Waals surface area contributed by atoms with E-state index in [0.717, 1.165) is 29.8 Å². The van der Waals surface area contributed by atoms with Gasteiger partial charge in [0.2, 0.25) is 0 Å². The van der Waals surface area contributed by atoms with Crippen molar-refractivity contribution in [2.24, 2.45) is 17.8 Å². The highest BCUT2D eigenvalue weighted by Gasteiger charge is 2.32. The molecule has 2 aromatic carbocycles. The summed E-state index contributed by atoms with van der Waals surface area (Å²) in [7, 11) is 3.46. The van der Waals surface area contributed by atoms with Crippen molar-refractivity contribution in [2.45, 2.75) is 45.4 Å². The molecule has 0 radical (unpaired) electrons. The average Bonchev–Trinajstić information content (AvgIpc) is 2.69. The van der Waals surface area contributed by atoms with Gasteiger partial charge in [-0.15, -0.1) is 0 Å². The fourth-order valence-corrected chi connectivity index (χ4v) is 4.44. The molecule has 3 rings (SSSR count). The van der Waals surface area contributed by atoms with Gasteiger partial charge in [-0.3, -0.25) is 0 Å². The Bertz CT molecular complexity index is 672. The molecular weight excluding hydrogens is 320 g/mol. The molecule has 2 heteroatoms. The lowest BCUT2D eigenvalue weighted by molar-refractivity contribution is 0.193. The summed E-state index contributed by atoms with van der Waals surface area (Å²) in [6.45, 7) is 4.75. The Labute approximate surface area is 158 Å². The molecule has 0 N–H and O–H groups in total. The molecule has 1 saturated carbocycles. The molecule has 0 aliphatic heterocycles. The zero-order valence-electron chi connectivity index (χ0n) is 16.6. The first-order chi connectivity index (χ1) is 12.6. The Hall–Kier alpha value is -1.96. The molecule has 26 heavy (non-hydrogen) atoms. The highest BCUT2D eigenvalue weighted by molar-refractivity contribution is 5.31. The van der Waals surface area contributed by atoms with Gasteiger partial charge < -0.3 is 9.47 Å². The van der Waals surface area contributed by atoms with Crippen LogP contribution in [-0.2, 0) is 6.42 Å². The number of hydrogen-bond acceptors (Lipinski definition) is 2. The van der Waals surface area contributed by atoms with E-state index in [1.54, 1.807) is 14.2 Å². The molecule has 3 unspecified atom stereocenters. The van der Waals surface area contributed by atoms with E-state index in [9.17, 15) is 0 Å². The van der Waals surface area contributed by atoms with Gasteiger partial charge in [-0.05, 0) is 84.7 Å². The molecule has 0 saturated heterocycles. The van der Waals surface area contributed by atoms with Crippen molar-refractivity contribution in [3.63, 3.8) is 0 Å². The van der Waals surface area contributed by atoms with Crippen LogP contribution in [0.3, 0.4) is 0 Å². The SMILES string of the molecule is COc1ccc(CC2CCC(C(C)C)CC2c2ccc(OC)cc2)cc1. The van der Waals surface area contributed by atoms with Crippen LogP contribution in [0, 0.1) is 17.8 Å². The molecular formula is C24H32O2. The summed E-state index contributed by atoms with van der Waals surface area (Å²) in [4.78, 5) is 0. The number of hydrogen-bond donors (Lipinski definition) is 0. The van der Waals surface area contributed by atoms with E-state index in [2.05, 4.69) is 62.4 Å². The number of benzene rings is 2. The predicted molar refractivity (Wildman–Crippen MR) is 108 cm³/mol. The van der Waals surface area contributed by atoms with Crippen LogP contribution in [0.1, 0.15) is 50.2 Å². The van der Waals surface area contributed by atoms with Crippen molar-refractivity contribution in [3.05, 3.63) is 59.7 Å². The maximum absolute atomic E-state index is 5.35. The summed E-state index contributed by atoms with van der Waals surface area (Å²) >= 11 is 0. The lowest BCUT2D eigenvalue weighted by atomic mass is 9.67. The van der Waals surface area contributed by atoms with Crippen molar-refractivity contribution < 1.29 is 9.47 Å². The molecule has 1 aliphatic carbocycles. The molecule has 1 aliphatic rings. The van der Waals surface area contributed by atoms with Crippen molar-refractivity contribution in [1.82, 2.24) is 0 Å². The van der Waals surface area contributed by atoms with Gasteiger partial charge in [-0.1, -0.05) is 38.1 Å². The molecule has 0 spiro atoms. The summed E-state index contributed by atoms with van der Waals surface area (Å²) in [5.74, 6) is 4.79. The summed E-state index contributed by atoms with van der Waals surface area (Å²) in [6, 6.07) is 17.4. The quantitative estimate of drug-likeness (QED) is 0.625. The van der Waals surface area contributed by atoms with E-state index in [-0.39, 0.29) is 0 Å². The number of rotatable bonds is 6. The summed E-state index contributed by atoms with van der Waals surface area (Å²) < 4.78 is 10.6. The molecule has 2 aromatic rings. The minimum absolute atomic E-state index is 0.629. The molecule has 0 heterocycles. The second-order valence-electron chi connectivity index (χ2n) is 8.01. The van der Waals surface area contributed by atoms with Crippen LogP contribution < -0.4 is 9.47 Å². The molecule has 0 bridgehead atoms. The van der Waals surface area contributed by atoms with E-state index in [4.69, 9.17) is 9.47 Å². The first-order valence-electron chi connectivity index (χ1n) is 9.87. The van der Waals surface area contributed by atoms with E-state index < -0.39 is 0 Å². The third-order valence-corrected chi connectivity index (χ3v) is 6.18. The van der Waals surface area contributed by atoms with Crippen LogP contribution in [0.4, 0.5) is 0 Å². The monoisotopic (exact) mass is 352 g/mol. The lowest BCUT2D eigenvalue weighted by Gasteiger charge is -2.38. The van der Waals surface area contributed by atoms with Crippen molar-refractivity contribution in [2.75, 3.05) is 14.2 Å². The Morgan fingerprint density at radius 3 is 1.96 bits per heavy atom. The predicted octanol–water partition coefficient (Wildman–Crippen LogP) is 6.10. The molecule has 0 aromatic heterocycles. The van der Waals surface area contributed by atoms with Gasteiger partial charge in [-0.2, -0.15) is 0 Å². The minimum atomic E-state index is 0.629. The summed E-state index contributed by atoms with van der Waals surface area (Å²) in [5.41, 5.74) is 2.88. The number of methoxy groups -OCH3 is 2. The van der Waals surface area contributed by atoms with Gasteiger partial charge in [0.1, 0.15) is 11.5 Å². The third kappa shape index (κ3) is 4.41. The molecule has 3 atom stereocenters. The second kappa shape index (κ2) is 8.62. The van der Waals surface area contributed by atoms with E-state index in [1.165, 1.54) is 30.4 Å². The molecule has 1 fully saturated rings. The summed E-state index contributed by atoms with van der Waals surface area (Å²) in [5, 5.41) is 0. The van der Waals surface area contributed by atoms with Crippen LogP contribution >= 0.6 is 0 Å². The Balaban J connectivity index is 1.80. The smallest absolute Gasteiger partial charge is 0.118 e. The zero-order chi connectivity index (χ0) is 18.5. The highest BCUT2D eigenvalue weighted by atomic mass is 16.5. The fourth-order valence-electron chi connectivity index (χ4n) is 4.44. The maximum atomic E-state index is 5.35. The fraction of sp³-hybridized carbons (Fsp3) is 0.500. The molecule has 140 valence electrons. The van der Waals surface area contributed by atoms with E-state index in [0.29, 0.717) is 11.8 Å². The van der Waals surface area contributed by atoms with Gasteiger partial charge in [0.05, 0.1) is 14.2 Å². The van der Waals surface area contributed by atoms with Crippen molar-refractivity contribution >= 4 is 0 Å². The first-order valence-corrected chi connectivity index (χ1v) is 9.87. The second-order valence-corrected chi connectivity index (χ2v) is 8.01. The zero-order valence-corrected chi connectivity index (χ0v) is 16.6. The Morgan fingerprint density at radius 1 is 0.846 bits per heavy atom. The minimum Gasteiger partial charge on any atom is -0.497 e. The lowest BCUT2D eigenvalue weighted by Crippen LogP contribution is -2.27. The van der Waals surface area contributed by atoms with Crippen LogP contribution in [-0.4, -0.2) is 14.2 Å². The van der Waals surface area contributed by atoms with Gasteiger partial charge >= 0.3 is 0 Å². The number of ether oxygens (including phenoxy) is 2. The van der Waals surface area contributed by atoms with Crippen LogP contribution in [0.25, 0.3) is 0 Å². The van der Waals surface area contributed by atoms with Gasteiger partial charge in [0, 0.05) is 0 Å². The van der Waals surface area contributed by atoms with Crippen molar-refractivity contribution in [3.8, 4) is 11.5 Å². The third-order valence-electron chi connectivity index (χ3n) is 6.18. The highest BCUT2D eigenvalue weighted by Crippen LogP contribution is 2.44. The standard InChI is InChI=1S/C24H32O2/c1-17(2)20-7-8-21(15-18-5-11-22(25-3)12-6-18)24(16-20)19-9-13-23(26-4)14-10-19/h5-6,9-14,17,20-21,24H,7-8,15-16H2,1-4H3. The first kappa shape index (κ1) is 18.8. The molecule has 0 amide bonds. The van der Waals surface area contributed by atoms with Gasteiger partial charge in [0.15, 0.2) is 0 Å². The Morgan fingerprint density at radius 2 is 1.42 bits per heavy atom.